The number of unbranched alkanes of at least 4 members (excludes halogenated alkanes) is 3. The summed E-state index contributed by atoms with van der Waals surface area (Å²) in [4.78, 5) is 11.7. The molecule has 0 heterocycles. The predicted octanol–water partition coefficient (Wildman–Crippen LogP) is 2.40. The van der Waals surface area contributed by atoms with Crippen molar-refractivity contribution in [1.29, 1.82) is 0 Å². The Balaban J connectivity index is 2.22. The van der Waals surface area contributed by atoms with Gasteiger partial charge in [-0.25, -0.2) is 0 Å². The zero-order valence-electron chi connectivity index (χ0n) is 12.3. The highest BCUT2D eigenvalue weighted by Gasteiger charge is 2.11. The number of ether oxygens (including phenoxy) is 1. The van der Waals surface area contributed by atoms with Crippen molar-refractivity contribution >= 4 is 5.91 Å². The van der Waals surface area contributed by atoms with Crippen LogP contribution in [0.5, 0.6) is 0 Å². The third-order valence-electron chi connectivity index (χ3n) is 3.30. The fraction of sp³-hybridized carbons (Fsp3) is 0.562. The van der Waals surface area contributed by atoms with Crippen LogP contribution in [0, 0.1) is 0 Å². The SMILES string of the molecule is COC(CNC(=O)CCCCCCN)c1ccccc1. The van der Waals surface area contributed by atoms with Crippen molar-refractivity contribution in [2.75, 3.05) is 20.2 Å². The number of hydrogen-bond acceptors (Lipinski definition) is 3. The molecule has 0 saturated heterocycles. The summed E-state index contributed by atoms with van der Waals surface area (Å²) in [6.07, 6.45) is 4.63. The molecule has 4 heteroatoms. The molecule has 0 radical (unpaired) electrons. The molecule has 1 amide bonds. The van der Waals surface area contributed by atoms with Crippen molar-refractivity contribution in [3.8, 4) is 0 Å². The summed E-state index contributed by atoms with van der Waals surface area (Å²) < 4.78 is 5.42. The van der Waals surface area contributed by atoms with E-state index >= 15 is 0 Å². The first-order chi connectivity index (χ1) is 9.77. The second kappa shape index (κ2) is 10.4. The molecule has 20 heavy (non-hydrogen) atoms. The number of nitrogens with two attached hydrogens (primary N) is 1. The number of hydrogen-bond donors (Lipinski definition) is 2. The van der Waals surface area contributed by atoms with E-state index in [0.717, 1.165) is 37.8 Å². The summed E-state index contributed by atoms with van der Waals surface area (Å²) in [5.41, 5.74) is 6.51. The Labute approximate surface area is 121 Å². The maximum Gasteiger partial charge on any atom is 0.220 e. The van der Waals surface area contributed by atoms with Gasteiger partial charge in [-0.15, -0.1) is 0 Å². The molecule has 0 saturated carbocycles. The van der Waals surface area contributed by atoms with Gasteiger partial charge in [-0.05, 0) is 24.9 Å². The standard InChI is InChI=1S/C16H26N2O2/c1-20-15(14-9-5-4-6-10-14)13-18-16(19)11-7-2-3-8-12-17/h4-6,9-10,15H,2-3,7-8,11-13,17H2,1H3,(H,18,19). The minimum atomic E-state index is -0.0857. The topological polar surface area (TPSA) is 64.3 Å². The van der Waals surface area contributed by atoms with E-state index in [1.54, 1.807) is 7.11 Å². The van der Waals surface area contributed by atoms with Gasteiger partial charge in [0.05, 0.1) is 6.10 Å². The third kappa shape index (κ3) is 6.68. The molecule has 0 aliphatic carbocycles. The number of benzene rings is 1. The molecular weight excluding hydrogens is 252 g/mol. The first-order valence-electron chi connectivity index (χ1n) is 7.32. The number of amides is 1. The van der Waals surface area contributed by atoms with Gasteiger partial charge in [-0.2, -0.15) is 0 Å². The molecule has 0 aromatic heterocycles. The Morgan fingerprint density at radius 2 is 1.90 bits per heavy atom. The maximum atomic E-state index is 11.7. The first-order valence-corrected chi connectivity index (χ1v) is 7.32. The third-order valence-corrected chi connectivity index (χ3v) is 3.30. The summed E-state index contributed by atoms with van der Waals surface area (Å²) in [6.45, 7) is 1.25. The lowest BCUT2D eigenvalue weighted by atomic mass is 10.1. The smallest absolute Gasteiger partial charge is 0.220 e. The van der Waals surface area contributed by atoms with Crippen LogP contribution in [0.4, 0.5) is 0 Å². The van der Waals surface area contributed by atoms with Crippen molar-refractivity contribution in [1.82, 2.24) is 5.32 Å². The lowest BCUT2D eigenvalue weighted by Gasteiger charge is -2.16. The average Bonchev–Trinajstić information content (AvgIpc) is 2.49. The summed E-state index contributed by atoms with van der Waals surface area (Å²) >= 11 is 0. The van der Waals surface area contributed by atoms with E-state index in [1.807, 2.05) is 30.3 Å². The molecule has 0 bridgehead atoms. The monoisotopic (exact) mass is 278 g/mol. The van der Waals surface area contributed by atoms with Crippen molar-refractivity contribution < 1.29 is 9.53 Å². The van der Waals surface area contributed by atoms with Crippen LogP contribution in [0.2, 0.25) is 0 Å². The maximum absolute atomic E-state index is 11.7. The molecule has 0 aliphatic rings. The van der Waals surface area contributed by atoms with Crippen LogP contribution >= 0.6 is 0 Å². The Hall–Kier alpha value is -1.39. The van der Waals surface area contributed by atoms with Gasteiger partial charge >= 0.3 is 0 Å². The number of nitrogens with one attached hydrogen (secondary N) is 1. The zero-order valence-corrected chi connectivity index (χ0v) is 12.3. The predicted molar refractivity (Wildman–Crippen MR) is 81.3 cm³/mol. The summed E-state index contributed by atoms with van der Waals surface area (Å²) in [5.74, 6) is 0.0933. The lowest BCUT2D eigenvalue weighted by molar-refractivity contribution is -0.121. The van der Waals surface area contributed by atoms with E-state index in [2.05, 4.69) is 5.32 Å². The average molecular weight is 278 g/mol. The van der Waals surface area contributed by atoms with Gasteiger partial charge in [0.2, 0.25) is 5.91 Å². The Morgan fingerprint density at radius 1 is 1.20 bits per heavy atom. The fourth-order valence-corrected chi connectivity index (χ4v) is 2.08. The summed E-state index contributed by atoms with van der Waals surface area (Å²) in [6, 6.07) is 9.93. The molecule has 1 atom stereocenters. The molecule has 0 spiro atoms. The molecule has 0 fully saturated rings. The molecule has 1 unspecified atom stereocenters. The van der Waals surface area contributed by atoms with Crippen LogP contribution in [-0.2, 0) is 9.53 Å². The largest absolute Gasteiger partial charge is 0.375 e. The first kappa shape index (κ1) is 16.7. The fourth-order valence-electron chi connectivity index (χ4n) is 2.08. The van der Waals surface area contributed by atoms with Gasteiger partial charge in [-0.3, -0.25) is 4.79 Å². The molecule has 4 nitrogen and oxygen atoms in total. The van der Waals surface area contributed by atoms with Gasteiger partial charge in [0, 0.05) is 20.1 Å². The minimum Gasteiger partial charge on any atom is -0.375 e. The normalized spacial score (nSPS) is 12.1. The minimum absolute atomic E-state index is 0.0857. The second-order valence-corrected chi connectivity index (χ2v) is 4.89. The quantitative estimate of drug-likeness (QED) is 0.646. The summed E-state index contributed by atoms with van der Waals surface area (Å²) in [5, 5.41) is 2.93. The van der Waals surface area contributed by atoms with Crippen molar-refractivity contribution in [2.24, 2.45) is 5.73 Å². The van der Waals surface area contributed by atoms with E-state index < -0.39 is 0 Å². The highest BCUT2D eigenvalue weighted by atomic mass is 16.5. The molecule has 112 valence electrons. The Morgan fingerprint density at radius 3 is 2.55 bits per heavy atom. The number of carbonyl (C=O) groups excluding carboxylic acids is 1. The van der Waals surface area contributed by atoms with E-state index in [-0.39, 0.29) is 12.0 Å². The van der Waals surface area contributed by atoms with Gasteiger partial charge < -0.3 is 15.8 Å². The van der Waals surface area contributed by atoms with Crippen LogP contribution in [0.15, 0.2) is 30.3 Å². The Bertz CT molecular complexity index is 368. The van der Waals surface area contributed by atoms with Gasteiger partial charge in [0.15, 0.2) is 0 Å². The van der Waals surface area contributed by atoms with Gasteiger partial charge in [0.25, 0.3) is 0 Å². The molecule has 3 N–H and O–H groups in total. The number of rotatable bonds is 10. The lowest BCUT2D eigenvalue weighted by Crippen LogP contribution is -2.28. The summed E-state index contributed by atoms with van der Waals surface area (Å²) in [7, 11) is 1.66. The van der Waals surface area contributed by atoms with Gasteiger partial charge in [0.1, 0.15) is 0 Å². The zero-order chi connectivity index (χ0) is 14.6. The van der Waals surface area contributed by atoms with Crippen LogP contribution in [0.25, 0.3) is 0 Å². The molecule has 1 aromatic rings. The van der Waals surface area contributed by atoms with E-state index in [0.29, 0.717) is 13.0 Å². The van der Waals surface area contributed by atoms with E-state index in [1.165, 1.54) is 0 Å². The van der Waals surface area contributed by atoms with Crippen molar-refractivity contribution in [2.45, 2.75) is 38.2 Å². The highest BCUT2D eigenvalue weighted by Crippen LogP contribution is 2.14. The highest BCUT2D eigenvalue weighted by molar-refractivity contribution is 5.75. The molecule has 0 aliphatic heterocycles. The molecular formula is C16H26N2O2. The number of methoxy groups -OCH3 is 1. The van der Waals surface area contributed by atoms with Crippen molar-refractivity contribution in [3.63, 3.8) is 0 Å². The van der Waals surface area contributed by atoms with Crippen LogP contribution < -0.4 is 11.1 Å². The van der Waals surface area contributed by atoms with Crippen molar-refractivity contribution in [3.05, 3.63) is 35.9 Å². The molecule has 1 aromatic carbocycles. The number of carbonyl (C=O) groups is 1. The van der Waals surface area contributed by atoms with Crippen LogP contribution in [-0.4, -0.2) is 26.1 Å². The van der Waals surface area contributed by atoms with Crippen LogP contribution in [0.1, 0.15) is 43.8 Å². The van der Waals surface area contributed by atoms with Crippen LogP contribution in [0.3, 0.4) is 0 Å². The molecule has 1 rings (SSSR count). The Kier molecular flexibility index (Phi) is 8.67. The van der Waals surface area contributed by atoms with E-state index in [9.17, 15) is 4.79 Å². The second-order valence-electron chi connectivity index (χ2n) is 4.89. The van der Waals surface area contributed by atoms with Gasteiger partial charge in [-0.1, -0.05) is 43.2 Å². The van der Waals surface area contributed by atoms with E-state index in [4.69, 9.17) is 10.5 Å².